The third-order valence-corrected chi connectivity index (χ3v) is 7.72. The van der Waals surface area contributed by atoms with E-state index in [-0.39, 0.29) is 5.92 Å². The molecule has 2 heterocycles. The number of ketones is 1. The fraction of sp³-hybridized carbons (Fsp3) is 0.522. The quantitative estimate of drug-likeness (QED) is 0.734. The lowest BCUT2D eigenvalue weighted by Gasteiger charge is -2.39. The van der Waals surface area contributed by atoms with E-state index in [2.05, 4.69) is 47.0 Å². The van der Waals surface area contributed by atoms with Crippen LogP contribution in [-0.4, -0.2) is 41.3 Å². The van der Waals surface area contributed by atoms with Crippen LogP contribution in [0.2, 0.25) is 0 Å². The van der Waals surface area contributed by atoms with Crippen LogP contribution < -0.4 is 0 Å². The van der Waals surface area contributed by atoms with Crippen LogP contribution in [0.4, 0.5) is 0 Å². The van der Waals surface area contributed by atoms with Crippen molar-refractivity contribution in [3.8, 4) is 0 Å². The van der Waals surface area contributed by atoms with E-state index in [1.807, 2.05) is 0 Å². The Balaban J connectivity index is 1.42. The second-order valence-electron chi connectivity index (χ2n) is 8.15. The summed E-state index contributed by atoms with van der Waals surface area (Å²) in [5.41, 5.74) is 3.83. The van der Waals surface area contributed by atoms with Crippen molar-refractivity contribution in [1.82, 2.24) is 4.90 Å². The van der Waals surface area contributed by atoms with Crippen molar-refractivity contribution in [1.29, 1.82) is 0 Å². The molecule has 0 bridgehead atoms. The Labute approximate surface area is 160 Å². The second-order valence-corrected chi connectivity index (χ2v) is 9.38. The van der Waals surface area contributed by atoms with Crippen LogP contribution in [0.5, 0.6) is 0 Å². The fourth-order valence-electron chi connectivity index (χ4n) is 5.28. The van der Waals surface area contributed by atoms with Crippen molar-refractivity contribution in [2.24, 2.45) is 5.92 Å². The zero-order chi connectivity index (χ0) is 17.5. The number of hydrogen-bond acceptors (Lipinski definition) is 3. The summed E-state index contributed by atoms with van der Waals surface area (Å²) in [5, 5.41) is 2.57. The number of carbonyl (C=O) groups excluding carboxylic acids is 1. The van der Waals surface area contributed by atoms with E-state index in [1.165, 1.54) is 59.2 Å². The fourth-order valence-corrected chi connectivity index (χ4v) is 6.37. The van der Waals surface area contributed by atoms with Crippen LogP contribution in [0.15, 0.2) is 30.3 Å². The Morgan fingerprint density at radius 1 is 1.00 bits per heavy atom. The Bertz CT molecular complexity index is 829. The highest BCUT2D eigenvalue weighted by molar-refractivity contribution is 7.99. The molecule has 5 rings (SSSR count). The molecule has 0 radical (unpaired) electrons. The number of rotatable bonds is 3. The zero-order valence-corrected chi connectivity index (χ0v) is 16.2. The van der Waals surface area contributed by atoms with Crippen LogP contribution in [0.3, 0.4) is 0 Å². The number of aryl methyl sites for hydroxylation is 2. The molecule has 2 saturated heterocycles. The van der Waals surface area contributed by atoms with Crippen molar-refractivity contribution in [3.63, 3.8) is 0 Å². The van der Waals surface area contributed by atoms with Crippen LogP contribution in [0.25, 0.3) is 10.8 Å². The van der Waals surface area contributed by atoms with E-state index in [0.29, 0.717) is 11.8 Å². The average molecular weight is 366 g/mol. The first-order chi connectivity index (χ1) is 12.8. The van der Waals surface area contributed by atoms with Gasteiger partial charge in [0.1, 0.15) is 0 Å². The molecule has 26 heavy (non-hydrogen) atoms. The van der Waals surface area contributed by atoms with Gasteiger partial charge < -0.3 is 0 Å². The van der Waals surface area contributed by atoms with Gasteiger partial charge in [-0.25, -0.2) is 0 Å². The standard InChI is InChI=1S/C23H27NOS/c25-23(18-4-2-12-24(15-18)19-10-13-26-14-11-19)21-9-8-17-7-6-16-3-1-5-20(21)22(16)17/h1,3,5,8-9,18-19H,2,4,6-7,10-15H2. The summed E-state index contributed by atoms with van der Waals surface area (Å²) >= 11 is 2.08. The van der Waals surface area contributed by atoms with Crippen molar-refractivity contribution >= 4 is 28.3 Å². The lowest BCUT2D eigenvalue weighted by molar-refractivity contribution is 0.0743. The summed E-state index contributed by atoms with van der Waals surface area (Å²) < 4.78 is 0. The SMILES string of the molecule is O=C(c1ccc2c3c(cccc13)CC2)C1CCCN(C2CCSCC2)C1. The molecular formula is C23H27NOS. The first-order valence-electron chi connectivity index (χ1n) is 10.2. The number of carbonyl (C=O) groups is 1. The van der Waals surface area contributed by atoms with Gasteiger partial charge in [0.2, 0.25) is 0 Å². The number of likely N-dealkylation sites (tertiary alicyclic amines) is 1. The van der Waals surface area contributed by atoms with Crippen molar-refractivity contribution < 1.29 is 4.79 Å². The molecule has 2 aromatic rings. The van der Waals surface area contributed by atoms with E-state index in [1.54, 1.807) is 0 Å². The summed E-state index contributed by atoms with van der Waals surface area (Å²) in [6, 6.07) is 11.6. The normalized spacial score (nSPS) is 24.2. The van der Waals surface area contributed by atoms with E-state index in [0.717, 1.165) is 31.4 Å². The summed E-state index contributed by atoms with van der Waals surface area (Å²) in [7, 11) is 0. The highest BCUT2D eigenvalue weighted by Gasteiger charge is 2.32. The Morgan fingerprint density at radius 3 is 2.65 bits per heavy atom. The predicted molar refractivity (Wildman–Crippen MR) is 110 cm³/mol. The summed E-state index contributed by atoms with van der Waals surface area (Å²) in [6.45, 7) is 2.15. The molecule has 0 spiro atoms. The molecular weight excluding hydrogens is 338 g/mol. The van der Waals surface area contributed by atoms with Crippen LogP contribution in [0.1, 0.15) is 47.2 Å². The molecule has 0 N–H and O–H groups in total. The third-order valence-electron chi connectivity index (χ3n) is 6.67. The van der Waals surface area contributed by atoms with Gasteiger partial charge >= 0.3 is 0 Å². The van der Waals surface area contributed by atoms with Gasteiger partial charge in [0.25, 0.3) is 0 Å². The minimum Gasteiger partial charge on any atom is -0.300 e. The van der Waals surface area contributed by atoms with E-state index in [9.17, 15) is 4.79 Å². The molecule has 2 aromatic carbocycles. The van der Waals surface area contributed by atoms with Crippen molar-refractivity contribution in [2.45, 2.75) is 44.6 Å². The maximum Gasteiger partial charge on any atom is 0.167 e. The van der Waals surface area contributed by atoms with Crippen LogP contribution in [-0.2, 0) is 12.8 Å². The molecule has 3 heteroatoms. The maximum atomic E-state index is 13.5. The van der Waals surface area contributed by atoms with Crippen LogP contribution >= 0.6 is 11.8 Å². The van der Waals surface area contributed by atoms with Crippen LogP contribution in [0, 0.1) is 5.92 Å². The molecule has 2 aliphatic heterocycles. The first-order valence-corrected chi connectivity index (χ1v) is 11.4. The smallest absolute Gasteiger partial charge is 0.167 e. The van der Waals surface area contributed by atoms with Crippen molar-refractivity contribution in [3.05, 3.63) is 47.0 Å². The number of thioether (sulfide) groups is 1. The average Bonchev–Trinajstić information content (AvgIpc) is 3.14. The minimum absolute atomic E-state index is 0.178. The Morgan fingerprint density at radius 2 is 1.81 bits per heavy atom. The first kappa shape index (κ1) is 16.8. The molecule has 1 aliphatic carbocycles. The number of benzene rings is 2. The highest BCUT2D eigenvalue weighted by Crippen LogP contribution is 2.35. The Hall–Kier alpha value is -1.32. The predicted octanol–water partition coefficient (Wildman–Crippen LogP) is 4.73. The zero-order valence-electron chi connectivity index (χ0n) is 15.4. The lowest BCUT2D eigenvalue weighted by Crippen LogP contribution is -2.46. The molecule has 1 atom stereocenters. The van der Waals surface area contributed by atoms with Gasteiger partial charge in [-0.15, -0.1) is 0 Å². The third kappa shape index (κ3) is 2.90. The molecule has 0 amide bonds. The lowest BCUT2D eigenvalue weighted by atomic mass is 9.86. The number of piperidine rings is 1. The number of nitrogens with zero attached hydrogens (tertiary/aromatic N) is 1. The van der Waals surface area contributed by atoms with Gasteiger partial charge in [-0.05, 0) is 78.5 Å². The topological polar surface area (TPSA) is 20.3 Å². The summed E-state index contributed by atoms with van der Waals surface area (Å²) in [6.07, 6.45) is 7.07. The van der Waals surface area contributed by atoms with E-state index in [4.69, 9.17) is 0 Å². The second kappa shape index (κ2) is 7.01. The molecule has 3 aliphatic rings. The monoisotopic (exact) mass is 365 g/mol. The van der Waals surface area contributed by atoms with Gasteiger partial charge in [-0.1, -0.05) is 30.3 Å². The molecule has 2 fully saturated rings. The maximum absolute atomic E-state index is 13.5. The molecule has 2 nitrogen and oxygen atoms in total. The van der Waals surface area contributed by atoms with Gasteiger partial charge in [-0.3, -0.25) is 9.69 Å². The molecule has 0 saturated carbocycles. The highest BCUT2D eigenvalue weighted by atomic mass is 32.2. The number of hydrogen-bond donors (Lipinski definition) is 0. The molecule has 136 valence electrons. The van der Waals surface area contributed by atoms with E-state index >= 15 is 0 Å². The van der Waals surface area contributed by atoms with E-state index < -0.39 is 0 Å². The van der Waals surface area contributed by atoms with Gasteiger partial charge in [0.05, 0.1) is 0 Å². The largest absolute Gasteiger partial charge is 0.300 e. The number of Topliss-reactive ketones (excluding diaryl/α,β-unsaturated/α-hetero) is 1. The van der Waals surface area contributed by atoms with Crippen molar-refractivity contribution in [2.75, 3.05) is 24.6 Å². The molecule has 1 unspecified atom stereocenters. The summed E-state index contributed by atoms with van der Waals surface area (Å²) in [5.74, 6) is 3.14. The van der Waals surface area contributed by atoms with Gasteiger partial charge in [0, 0.05) is 24.1 Å². The van der Waals surface area contributed by atoms with Gasteiger partial charge in [-0.2, -0.15) is 11.8 Å². The summed E-state index contributed by atoms with van der Waals surface area (Å²) in [4.78, 5) is 16.1. The Kier molecular flexibility index (Phi) is 4.54. The molecule has 0 aromatic heterocycles. The minimum atomic E-state index is 0.178. The van der Waals surface area contributed by atoms with Gasteiger partial charge in [0.15, 0.2) is 5.78 Å².